The van der Waals surface area contributed by atoms with Crippen LogP contribution in [0.15, 0.2) is 0 Å². The standard InChI is InChI=1S/C16H34N2O/c1-7-19-14-8-10-18(11-9-14)13-16(5,6)12-17-15(2,3)4/h14,17H,7-13H2,1-6H3. The predicted molar refractivity (Wildman–Crippen MR) is 82.6 cm³/mol. The molecule has 19 heavy (non-hydrogen) atoms. The van der Waals surface area contributed by atoms with Crippen LogP contribution in [-0.2, 0) is 4.74 Å². The minimum absolute atomic E-state index is 0.208. The number of piperidine rings is 1. The quantitative estimate of drug-likeness (QED) is 0.803. The van der Waals surface area contributed by atoms with Crippen molar-refractivity contribution in [2.45, 2.75) is 66.0 Å². The average Bonchev–Trinajstić information content (AvgIpc) is 2.29. The topological polar surface area (TPSA) is 24.5 Å². The molecule has 0 aliphatic carbocycles. The van der Waals surface area contributed by atoms with Gasteiger partial charge in [0.2, 0.25) is 0 Å². The van der Waals surface area contributed by atoms with Gasteiger partial charge in [0.25, 0.3) is 0 Å². The molecule has 1 rings (SSSR count). The lowest BCUT2D eigenvalue weighted by molar-refractivity contribution is 0.00623. The average molecular weight is 270 g/mol. The summed E-state index contributed by atoms with van der Waals surface area (Å²) in [6, 6.07) is 0. The molecule has 1 heterocycles. The maximum atomic E-state index is 5.71. The van der Waals surface area contributed by atoms with Crippen LogP contribution in [0.5, 0.6) is 0 Å². The number of hydrogen-bond acceptors (Lipinski definition) is 3. The van der Waals surface area contributed by atoms with Gasteiger partial charge in [0.1, 0.15) is 0 Å². The van der Waals surface area contributed by atoms with E-state index in [0.29, 0.717) is 11.5 Å². The van der Waals surface area contributed by atoms with Gasteiger partial charge in [-0.2, -0.15) is 0 Å². The van der Waals surface area contributed by atoms with Gasteiger partial charge in [0, 0.05) is 38.3 Å². The lowest BCUT2D eigenvalue weighted by Gasteiger charge is -2.38. The van der Waals surface area contributed by atoms with E-state index in [-0.39, 0.29) is 5.54 Å². The van der Waals surface area contributed by atoms with Crippen molar-refractivity contribution in [1.82, 2.24) is 10.2 Å². The summed E-state index contributed by atoms with van der Waals surface area (Å²) in [6.07, 6.45) is 2.88. The van der Waals surface area contributed by atoms with Crippen LogP contribution < -0.4 is 5.32 Å². The van der Waals surface area contributed by atoms with Crippen LogP contribution in [0.2, 0.25) is 0 Å². The first-order chi connectivity index (χ1) is 8.72. The molecule has 0 unspecified atom stereocenters. The smallest absolute Gasteiger partial charge is 0.0599 e. The minimum Gasteiger partial charge on any atom is -0.378 e. The molecule has 1 aliphatic heterocycles. The number of hydrogen-bond donors (Lipinski definition) is 1. The summed E-state index contributed by atoms with van der Waals surface area (Å²) in [5.41, 5.74) is 0.533. The first kappa shape index (κ1) is 16.9. The third-order valence-corrected chi connectivity index (χ3v) is 3.69. The van der Waals surface area contributed by atoms with Crippen molar-refractivity contribution >= 4 is 0 Å². The van der Waals surface area contributed by atoms with Gasteiger partial charge in [0.15, 0.2) is 0 Å². The van der Waals surface area contributed by atoms with Crippen molar-refractivity contribution in [3.05, 3.63) is 0 Å². The zero-order valence-corrected chi connectivity index (χ0v) is 13.9. The minimum atomic E-state index is 0.208. The summed E-state index contributed by atoms with van der Waals surface area (Å²) in [7, 11) is 0. The highest BCUT2D eigenvalue weighted by Gasteiger charge is 2.26. The maximum Gasteiger partial charge on any atom is 0.0599 e. The van der Waals surface area contributed by atoms with Crippen molar-refractivity contribution in [3.63, 3.8) is 0 Å². The van der Waals surface area contributed by atoms with Crippen LogP contribution in [0, 0.1) is 5.41 Å². The molecule has 0 aromatic rings. The zero-order chi connectivity index (χ0) is 14.5. The molecule has 1 saturated heterocycles. The molecular formula is C16H34N2O. The molecular weight excluding hydrogens is 236 g/mol. The Morgan fingerprint density at radius 1 is 1.11 bits per heavy atom. The fraction of sp³-hybridized carbons (Fsp3) is 1.00. The van der Waals surface area contributed by atoms with Crippen LogP contribution in [0.25, 0.3) is 0 Å². The molecule has 1 aliphatic rings. The van der Waals surface area contributed by atoms with Gasteiger partial charge < -0.3 is 15.0 Å². The van der Waals surface area contributed by atoms with Crippen LogP contribution in [0.1, 0.15) is 54.4 Å². The molecule has 0 amide bonds. The molecule has 0 saturated carbocycles. The number of likely N-dealkylation sites (tertiary alicyclic amines) is 1. The monoisotopic (exact) mass is 270 g/mol. The lowest BCUT2D eigenvalue weighted by atomic mass is 9.90. The van der Waals surface area contributed by atoms with E-state index in [2.05, 4.69) is 51.8 Å². The highest BCUT2D eigenvalue weighted by molar-refractivity contribution is 4.83. The summed E-state index contributed by atoms with van der Waals surface area (Å²) in [6.45, 7) is 19.0. The largest absolute Gasteiger partial charge is 0.378 e. The second-order valence-corrected chi connectivity index (χ2v) is 7.70. The number of nitrogens with zero attached hydrogens (tertiary/aromatic N) is 1. The van der Waals surface area contributed by atoms with E-state index in [1.165, 1.54) is 32.5 Å². The molecule has 1 fully saturated rings. The van der Waals surface area contributed by atoms with Gasteiger partial charge in [-0.15, -0.1) is 0 Å². The highest BCUT2D eigenvalue weighted by atomic mass is 16.5. The van der Waals surface area contributed by atoms with E-state index in [1.54, 1.807) is 0 Å². The molecule has 114 valence electrons. The Labute approximate surface area is 120 Å². The Kier molecular flexibility index (Phi) is 6.28. The number of nitrogens with one attached hydrogen (secondary N) is 1. The molecule has 0 bridgehead atoms. The Morgan fingerprint density at radius 3 is 2.16 bits per heavy atom. The third kappa shape index (κ3) is 7.28. The van der Waals surface area contributed by atoms with Crippen molar-refractivity contribution in [3.8, 4) is 0 Å². The van der Waals surface area contributed by atoms with Crippen molar-refractivity contribution in [2.75, 3.05) is 32.8 Å². The van der Waals surface area contributed by atoms with Crippen LogP contribution in [0.4, 0.5) is 0 Å². The number of rotatable bonds is 6. The molecule has 3 nitrogen and oxygen atoms in total. The highest BCUT2D eigenvalue weighted by Crippen LogP contribution is 2.21. The summed E-state index contributed by atoms with van der Waals surface area (Å²) < 4.78 is 5.71. The summed E-state index contributed by atoms with van der Waals surface area (Å²) in [4.78, 5) is 2.60. The lowest BCUT2D eigenvalue weighted by Crippen LogP contribution is -2.48. The van der Waals surface area contributed by atoms with Gasteiger partial charge in [-0.1, -0.05) is 13.8 Å². The molecule has 0 spiro atoms. The van der Waals surface area contributed by atoms with Crippen molar-refractivity contribution < 1.29 is 4.74 Å². The maximum absolute atomic E-state index is 5.71. The molecule has 0 aromatic heterocycles. The van der Waals surface area contributed by atoms with Gasteiger partial charge in [-0.05, 0) is 46.0 Å². The summed E-state index contributed by atoms with van der Waals surface area (Å²) in [5, 5.41) is 3.63. The molecule has 3 heteroatoms. The van der Waals surface area contributed by atoms with Crippen LogP contribution >= 0.6 is 0 Å². The first-order valence-corrected chi connectivity index (χ1v) is 7.81. The van der Waals surface area contributed by atoms with E-state index < -0.39 is 0 Å². The molecule has 1 N–H and O–H groups in total. The van der Waals surface area contributed by atoms with E-state index in [1.807, 2.05) is 0 Å². The van der Waals surface area contributed by atoms with E-state index in [4.69, 9.17) is 4.74 Å². The predicted octanol–water partition coefficient (Wildman–Crippen LogP) is 2.90. The van der Waals surface area contributed by atoms with E-state index in [0.717, 1.165) is 13.2 Å². The Bertz CT molecular complexity index is 250. The number of ether oxygens (including phenoxy) is 1. The fourth-order valence-electron chi connectivity index (χ4n) is 2.64. The Hall–Kier alpha value is -0.120. The molecule has 0 radical (unpaired) electrons. The zero-order valence-electron chi connectivity index (χ0n) is 13.9. The second kappa shape index (κ2) is 7.05. The van der Waals surface area contributed by atoms with E-state index in [9.17, 15) is 0 Å². The summed E-state index contributed by atoms with van der Waals surface area (Å²) >= 11 is 0. The van der Waals surface area contributed by atoms with Gasteiger partial charge >= 0.3 is 0 Å². The van der Waals surface area contributed by atoms with Crippen LogP contribution in [0.3, 0.4) is 0 Å². The Balaban J connectivity index is 2.30. The normalized spacial score (nSPS) is 19.9. The van der Waals surface area contributed by atoms with Gasteiger partial charge in [-0.25, -0.2) is 0 Å². The fourth-order valence-corrected chi connectivity index (χ4v) is 2.64. The molecule has 0 aromatic carbocycles. The van der Waals surface area contributed by atoms with Crippen molar-refractivity contribution in [1.29, 1.82) is 0 Å². The molecule has 0 atom stereocenters. The van der Waals surface area contributed by atoms with Crippen LogP contribution in [-0.4, -0.2) is 49.3 Å². The Morgan fingerprint density at radius 2 is 1.68 bits per heavy atom. The van der Waals surface area contributed by atoms with E-state index >= 15 is 0 Å². The first-order valence-electron chi connectivity index (χ1n) is 7.81. The SMILES string of the molecule is CCOC1CCN(CC(C)(C)CNC(C)(C)C)CC1. The second-order valence-electron chi connectivity index (χ2n) is 7.70. The van der Waals surface area contributed by atoms with Gasteiger partial charge in [-0.3, -0.25) is 0 Å². The third-order valence-electron chi connectivity index (χ3n) is 3.69. The van der Waals surface area contributed by atoms with Crippen molar-refractivity contribution in [2.24, 2.45) is 5.41 Å². The summed E-state index contributed by atoms with van der Waals surface area (Å²) in [5.74, 6) is 0. The van der Waals surface area contributed by atoms with Gasteiger partial charge in [0.05, 0.1) is 6.10 Å².